The minimum absolute atomic E-state index is 0.123. The van der Waals surface area contributed by atoms with Gasteiger partial charge in [0.2, 0.25) is 0 Å². The summed E-state index contributed by atoms with van der Waals surface area (Å²) in [6.07, 6.45) is 12.0. The first kappa shape index (κ1) is 16.2. The standard InChI is InChI=1S/C20H32O2/c1-19(2)10-9-18-16(17(19)5-4-12-21)7-6-14-13-15(22)8-11-20(14,18)3/h6,12,15-18,22H,4-5,7-11,13H2,1-3H3. The highest BCUT2D eigenvalue weighted by Gasteiger charge is 2.53. The van der Waals surface area contributed by atoms with Gasteiger partial charge in [0.15, 0.2) is 0 Å². The molecule has 0 aliphatic heterocycles. The van der Waals surface area contributed by atoms with Gasteiger partial charge in [-0.1, -0.05) is 32.4 Å². The van der Waals surface area contributed by atoms with E-state index in [-0.39, 0.29) is 6.10 Å². The molecule has 2 fully saturated rings. The van der Waals surface area contributed by atoms with Crippen LogP contribution in [0.2, 0.25) is 0 Å². The maximum atomic E-state index is 10.9. The fraction of sp³-hybridized carbons (Fsp3) is 0.850. The molecule has 1 N–H and O–H groups in total. The Labute approximate surface area is 135 Å². The van der Waals surface area contributed by atoms with Crippen LogP contribution >= 0.6 is 0 Å². The van der Waals surface area contributed by atoms with Crippen LogP contribution in [0.4, 0.5) is 0 Å². The fourth-order valence-electron chi connectivity index (χ4n) is 5.99. The molecule has 0 aromatic carbocycles. The third-order valence-electron chi connectivity index (χ3n) is 7.37. The van der Waals surface area contributed by atoms with E-state index in [1.54, 1.807) is 0 Å². The molecule has 124 valence electrons. The van der Waals surface area contributed by atoms with Gasteiger partial charge in [-0.25, -0.2) is 0 Å². The molecule has 0 aromatic rings. The smallest absolute Gasteiger partial charge is 0.120 e. The number of aliphatic hydroxyl groups excluding tert-OH is 1. The van der Waals surface area contributed by atoms with Crippen molar-refractivity contribution in [1.82, 2.24) is 0 Å². The van der Waals surface area contributed by atoms with Crippen molar-refractivity contribution in [3.63, 3.8) is 0 Å². The Kier molecular flexibility index (Phi) is 4.26. The number of aliphatic hydroxyl groups is 1. The third kappa shape index (κ3) is 2.58. The van der Waals surface area contributed by atoms with Crippen molar-refractivity contribution >= 4 is 6.29 Å². The molecule has 3 aliphatic carbocycles. The third-order valence-corrected chi connectivity index (χ3v) is 7.37. The largest absolute Gasteiger partial charge is 0.393 e. The maximum absolute atomic E-state index is 10.9. The molecule has 5 atom stereocenters. The molecule has 0 spiro atoms. The summed E-state index contributed by atoms with van der Waals surface area (Å²) < 4.78 is 0. The van der Waals surface area contributed by atoms with Gasteiger partial charge in [-0.2, -0.15) is 0 Å². The Morgan fingerprint density at radius 1 is 1.27 bits per heavy atom. The van der Waals surface area contributed by atoms with Gasteiger partial charge in [0.25, 0.3) is 0 Å². The first-order valence-corrected chi connectivity index (χ1v) is 9.19. The average molecular weight is 304 g/mol. The predicted molar refractivity (Wildman–Crippen MR) is 89.4 cm³/mol. The summed E-state index contributed by atoms with van der Waals surface area (Å²) in [4.78, 5) is 10.9. The summed E-state index contributed by atoms with van der Waals surface area (Å²) in [5.74, 6) is 2.15. The second-order valence-corrected chi connectivity index (χ2v) is 8.93. The minimum atomic E-state index is -0.123. The highest BCUT2D eigenvalue weighted by Crippen LogP contribution is 2.61. The van der Waals surface area contributed by atoms with Crippen LogP contribution < -0.4 is 0 Å². The Bertz CT molecular complexity index is 464. The number of carbonyl (C=O) groups is 1. The van der Waals surface area contributed by atoms with Crippen molar-refractivity contribution in [2.45, 2.75) is 78.2 Å². The lowest BCUT2D eigenvalue weighted by atomic mass is 9.47. The zero-order valence-corrected chi connectivity index (χ0v) is 14.5. The molecule has 0 amide bonds. The van der Waals surface area contributed by atoms with Crippen LogP contribution in [0, 0.1) is 28.6 Å². The Morgan fingerprint density at radius 2 is 2.05 bits per heavy atom. The number of aldehydes is 1. The van der Waals surface area contributed by atoms with Gasteiger partial charge in [-0.15, -0.1) is 0 Å². The molecule has 3 aliphatic rings. The summed E-state index contributed by atoms with van der Waals surface area (Å²) in [5.41, 5.74) is 2.19. The fourth-order valence-corrected chi connectivity index (χ4v) is 5.99. The quantitative estimate of drug-likeness (QED) is 0.615. The highest BCUT2D eigenvalue weighted by atomic mass is 16.3. The zero-order valence-electron chi connectivity index (χ0n) is 14.5. The van der Waals surface area contributed by atoms with Crippen LogP contribution in [0.5, 0.6) is 0 Å². The Hall–Kier alpha value is -0.630. The monoisotopic (exact) mass is 304 g/mol. The molecule has 0 saturated heterocycles. The average Bonchev–Trinajstić information content (AvgIpc) is 2.46. The van der Waals surface area contributed by atoms with Crippen LogP contribution in [0.1, 0.15) is 72.1 Å². The second-order valence-electron chi connectivity index (χ2n) is 8.93. The summed E-state index contributed by atoms with van der Waals surface area (Å²) in [5, 5.41) is 10.0. The van der Waals surface area contributed by atoms with E-state index >= 15 is 0 Å². The van der Waals surface area contributed by atoms with Gasteiger partial charge in [-0.3, -0.25) is 0 Å². The van der Waals surface area contributed by atoms with Crippen LogP contribution in [0.3, 0.4) is 0 Å². The van der Waals surface area contributed by atoms with Gasteiger partial charge < -0.3 is 9.90 Å². The van der Waals surface area contributed by atoms with Crippen LogP contribution in [0.15, 0.2) is 11.6 Å². The molecule has 0 aromatic heterocycles. The van der Waals surface area contributed by atoms with Gasteiger partial charge >= 0.3 is 0 Å². The molecule has 0 bridgehead atoms. The highest BCUT2D eigenvalue weighted by molar-refractivity contribution is 5.49. The molecular formula is C20H32O2. The number of rotatable bonds is 3. The van der Waals surface area contributed by atoms with E-state index in [1.807, 2.05) is 0 Å². The zero-order chi connectivity index (χ0) is 16.0. The normalized spacial score (nSPS) is 43.7. The number of hydrogen-bond donors (Lipinski definition) is 1. The lowest BCUT2D eigenvalue weighted by Crippen LogP contribution is -2.50. The van der Waals surface area contributed by atoms with E-state index in [0.717, 1.165) is 50.2 Å². The summed E-state index contributed by atoms with van der Waals surface area (Å²) in [6.45, 7) is 7.27. The first-order chi connectivity index (χ1) is 10.4. The molecule has 2 nitrogen and oxygen atoms in total. The van der Waals surface area contributed by atoms with Crippen LogP contribution in [0.25, 0.3) is 0 Å². The number of carbonyl (C=O) groups excluding carboxylic acids is 1. The maximum Gasteiger partial charge on any atom is 0.120 e. The van der Waals surface area contributed by atoms with E-state index in [4.69, 9.17) is 0 Å². The van der Waals surface area contributed by atoms with Crippen LogP contribution in [-0.4, -0.2) is 17.5 Å². The van der Waals surface area contributed by atoms with Crippen molar-refractivity contribution in [2.75, 3.05) is 0 Å². The van der Waals surface area contributed by atoms with Crippen molar-refractivity contribution in [3.8, 4) is 0 Å². The lowest BCUT2D eigenvalue weighted by molar-refractivity contribution is -0.109. The van der Waals surface area contributed by atoms with Crippen molar-refractivity contribution in [3.05, 3.63) is 11.6 Å². The van der Waals surface area contributed by atoms with Crippen molar-refractivity contribution < 1.29 is 9.90 Å². The van der Waals surface area contributed by atoms with Crippen molar-refractivity contribution in [1.29, 1.82) is 0 Å². The first-order valence-electron chi connectivity index (χ1n) is 9.19. The van der Waals surface area contributed by atoms with E-state index in [1.165, 1.54) is 18.4 Å². The summed E-state index contributed by atoms with van der Waals surface area (Å²) in [7, 11) is 0. The molecule has 0 radical (unpaired) electrons. The van der Waals surface area contributed by atoms with E-state index in [0.29, 0.717) is 23.2 Å². The summed E-state index contributed by atoms with van der Waals surface area (Å²) in [6, 6.07) is 0. The number of hydrogen-bond acceptors (Lipinski definition) is 2. The lowest BCUT2D eigenvalue weighted by Gasteiger charge is -2.58. The van der Waals surface area contributed by atoms with Gasteiger partial charge in [0.05, 0.1) is 6.10 Å². The SMILES string of the molecule is CC1(C)CCC2C(CC=C3CC(O)CCC32C)C1CCC=O. The molecular weight excluding hydrogens is 272 g/mol. The summed E-state index contributed by atoms with van der Waals surface area (Å²) >= 11 is 0. The molecule has 5 unspecified atom stereocenters. The van der Waals surface area contributed by atoms with Crippen molar-refractivity contribution in [2.24, 2.45) is 28.6 Å². The second kappa shape index (κ2) is 5.78. The molecule has 2 saturated carbocycles. The van der Waals surface area contributed by atoms with Gasteiger partial charge in [0.1, 0.15) is 6.29 Å². The minimum Gasteiger partial charge on any atom is -0.393 e. The molecule has 22 heavy (non-hydrogen) atoms. The molecule has 0 heterocycles. The van der Waals surface area contributed by atoms with E-state index in [9.17, 15) is 9.90 Å². The molecule has 3 rings (SSSR count). The number of allylic oxidation sites excluding steroid dienone is 1. The Morgan fingerprint density at radius 3 is 2.77 bits per heavy atom. The molecule has 2 heteroatoms. The topological polar surface area (TPSA) is 37.3 Å². The van der Waals surface area contributed by atoms with E-state index < -0.39 is 0 Å². The van der Waals surface area contributed by atoms with E-state index in [2.05, 4.69) is 26.8 Å². The van der Waals surface area contributed by atoms with Crippen LogP contribution in [-0.2, 0) is 4.79 Å². The Balaban J connectivity index is 1.89. The predicted octanol–water partition coefficient (Wildman–Crippen LogP) is 4.52. The number of fused-ring (bicyclic) bond motifs is 3. The van der Waals surface area contributed by atoms with Gasteiger partial charge in [-0.05, 0) is 73.5 Å². The van der Waals surface area contributed by atoms with Gasteiger partial charge in [0, 0.05) is 6.42 Å².